The summed E-state index contributed by atoms with van der Waals surface area (Å²) in [6.07, 6.45) is -0.610. The van der Waals surface area contributed by atoms with E-state index in [2.05, 4.69) is 4.98 Å². The molecule has 0 saturated carbocycles. The predicted octanol–water partition coefficient (Wildman–Crippen LogP) is 4.72. The van der Waals surface area contributed by atoms with E-state index in [0.29, 0.717) is 0 Å². The minimum atomic E-state index is -0.610. The van der Waals surface area contributed by atoms with E-state index in [1.165, 1.54) is 6.92 Å². The fraction of sp³-hybridized carbons (Fsp3) is 0.0556. The summed E-state index contributed by atoms with van der Waals surface area (Å²) in [6, 6.07) is -3.51. The Morgan fingerprint density at radius 1 is 0.842 bits per heavy atom. The van der Waals surface area contributed by atoms with E-state index in [9.17, 15) is 0 Å². The maximum atomic E-state index is 8.55. The van der Waals surface area contributed by atoms with Crippen LogP contribution in [0.2, 0.25) is 0 Å². The minimum Gasteiger partial charge on any atom is -0.256 e. The Bertz CT molecular complexity index is 1190. The number of rotatable bonds is 2. The van der Waals surface area contributed by atoms with Gasteiger partial charge in [0.05, 0.1) is 20.8 Å². The Morgan fingerprint density at radius 2 is 1.68 bits per heavy atom. The molecule has 0 spiro atoms. The fourth-order valence-corrected chi connectivity index (χ4v) is 1.54. The van der Waals surface area contributed by atoms with Crippen LogP contribution in [0.5, 0.6) is 0 Å². The van der Waals surface area contributed by atoms with Crippen LogP contribution in [0.3, 0.4) is 0 Å². The molecular weight excluding hydrogens is 230 g/mol. The summed E-state index contributed by atoms with van der Waals surface area (Å²) >= 11 is 0. The van der Waals surface area contributed by atoms with Crippen molar-refractivity contribution < 1.29 is 15.1 Å². The summed E-state index contributed by atoms with van der Waals surface area (Å²) in [4.78, 5) is 3.86. The Morgan fingerprint density at radius 3 is 2.63 bits per heavy atom. The van der Waals surface area contributed by atoms with Crippen LogP contribution in [0.25, 0.3) is 22.4 Å². The summed E-state index contributed by atoms with van der Waals surface area (Å²) in [6.45, 7) is 1.41. The first-order chi connectivity index (χ1) is 13.9. The van der Waals surface area contributed by atoms with Crippen molar-refractivity contribution in [3.63, 3.8) is 0 Å². The van der Waals surface area contributed by atoms with Crippen LogP contribution in [0.15, 0.2) is 72.7 Å². The summed E-state index contributed by atoms with van der Waals surface area (Å²) in [5.74, 6) is 0. The molecule has 0 bridgehead atoms. The molecule has 0 N–H and O–H groups in total. The molecule has 1 heterocycles. The molecule has 0 fully saturated rings. The lowest BCUT2D eigenvalue weighted by Gasteiger charge is -2.06. The van der Waals surface area contributed by atoms with Crippen LogP contribution in [0.1, 0.15) is 20.6 Å². The van der Waals surface area contributed by atoms with E-state index in [0.717, 1.165) is 6.07 Å². The zero-order valence-electron chi connectivity index (χ0n) is 21.0. The smallest absolute Gasteiger partial charge is 0.0840 e. The van der Waals surface area contributed by atoms with Gasteiger partial charge < -0.3 is 0 Å². The Balaban J connectivity index is 2.48. The molecule has 3 aromatic rings. The molecule has 1 aromatic heterocycles. The van der Waals surface area contributed by atoms with Crippen molar-refractivity contribution in [2.45, 2.75) is 6.92 Å². The largest absolute Gasteiger partial charge is 0.256 e. The second-order valence-corrected chi connectivity index (χ2v) is 3.77. The number of benzene rings is 2. The number of aromatic nitrogens is 1. The molecule has 0 aliphatic rings. The molecular formula is C18H15N. The van der Waals surface area contributed by atoms with E-state index in [-0.39, 0.29) is 46.1 Å². The molecule has 92 valence electrons. The number of hydrogen-bond donors (Lipinski definition) is 0. The van der Waals surface area contributed by atoms with Gasteiger partial charge in [0.1, 0.15) is 0 Å². The molecule has 0 unspecified atom stereocenters. The normalized spacial score (nSPS) is 18.5. The van der Waals surface area contributed by atoms with E-state index in [1.54, 1.807) is 0 Å². The van der Waals surface area contributed by atoms with Gasteiger partial charge in [0.15, 0.2) is 0 Å². The Labute approximate surface area is 129 Å². The highest BCUT2D eigenvalue weighted by molar-refractivity contribution is 5.70. The van der Waals surface area contributed by atoms with Crippen molar-refractivity contribution in [3.8, 4) is 22.4 Å². The Kier molecular flexibility index (Phi) is 1.23. The molecule has 3 rings (SSSR count). The molecule has 0 saturated heterocycles. The van der Waals surface area contributed by atoms with E-state index < -0.39 is 48.5 Å². The summed E-state index contributed by atoms with van der Waals surface area (Å²) in [7, 11) is 0. The number of hydrogen-bond acceptors (Lipinski definition) is 1. The quantitative estimate of drug-likeness (QED) is 0.646. The first kappa shape index (κ1) is 4.61. The zero-order valence-corrected chi connectivity index (χ0v) is 10.0. The molecule has 0 atom stereocenters. The van der Waals surface area contributed by atoms with Gasteiger partial charge in [-0.2, -0.15) is 0 Å². The van der Waals surface area contributed by atoms with Crippen LogP contribution in [-0.4, -0.2) is 4.98 Å². The highest BCUT2D eigenvalue weighted by Crippen LogP contribution is 2.24. The number of nitrogens with zero attached hydrogens (tertiary/aromatic N) is 1. The van der Waals surface area contributed by atoms with Gasteiger partial charge >= 0.3 is 0 Å². The summed E-state index contributed by atoms with van der Waals surface area (Å²) in [5.41, 5.74) is -0.948. The van der Waals surface area contributed by atoms with Crippen molar-refractivity contribution >= 4 is 0 Å². The monoisotopic (exact) mass is 256 g/mol. The zero-order chi connectivity index (χ0) is 22.7. The predicted molar refractivity (Wildman–Crippen MR) is 79.8 cm³/mol. The van der Waals surface area contributed by atoms with Crippen molar-refractivity contribution in [2.75, 3.05) is 0 Å². The van der Waals surface area contributed by atoms with Crippen LogP contribution in [0.4, 0.5) is 0 Å². The average molecular weight is 256 g/mol. The van der Waals surface area contributed by atoms with Crippen molar-refractivity contribution in [3.05, 3.63) is 78.2 Å². The van der Waals surface area contributed by atoms with Crippen molar-refractivity contribution in [1.29, 1.82) is 0 Å². The molecule has 0 aliphatic heterocycles. The van der Waals surface area contributed by atoms with Crippen molar-refractivity contribution in [1.82, 2.24) is 4.98 Å². The average Bonchev–Trinajstić information content (AvgIpc) is 2.71. The lowest BCUT2D eigenvalue weighted by atomic mass is 10.0. The minimum absolute atomic E-state index is 0.0799. The van der Waals surface area contributed by atoms with Crippen LogP contribution < -0.4 is 0 Å². The maximum absolute atomic E-state index is 8.55. The molecule has 19 heavy (non-hydrogen) atoms. The van der Waals surface area contributed by atoms with Gasteiger partial charge in [-0.05, 0) is 30.1 Å². The van der Waals surface area contributed by atoms with E-state index in [1.807, 2.05) is 0 Å². The SMILES string of the molecule is [2H]c1cc(-c2nc([2H])c([2H])c(-c3c([2H])c([2H])c([2H])c(C)c3[2H])c2[2H])c([2H])c([2H])c1[2H]. The standard InChI is InChI=1S/C18H15N/c1-14-6-5-9-16(12-14)17-10-11-19-18(13-17)15-7-3-2-4-8-15/h2-13H,1H3/i2D,3D,4D,5D,6D,7D,9D,10D,11D,12D,13D. The topological polar surface area (TPSA) is 12.9 Å². The second-order valence-electron chi connectivity index (χ2n) is 3.77. The van der Waals surface area contributed by atoms with Crippen LogP contribution >= 0.6 is 0 Å². The highest BCUT2D eigenvalue weighted by atomic mass is 14.7. The third-order valence-corrected chi connectivity index (χ3v) is 2.40. The van der Waals surface area contributed by atoms with E-state index in [4.69, 9.17) is 15.1 Å². The molecule has 0 aliphatic carbocycles. The van der Waals surface area contributed by atoms with Gasteiger partial charge in [-0.1, -0.05) is 60.0 Å². The van der Waals surface area contributed by atoms with Gasteiger partial charge in [-0.3, -0.25) is 4.98 Å². The van der Waals surface area contributed by atoms with Gasteiger partial charge in [0.25, 0.3) is 0 Å². The van der Waals surface area contributed by atoms with Crippen LogP contribution in [0, 0.1) is 6.92 Å². The first-order valence-corrected chi connectivity index (χ1v) is 5.52. The van der Waals surface area contributed by atoms with Crippen LogP contribution in [-0.2, 0) is 0 Å². The van der Waals surface area contributed by atoms with Gasteiger partial charge in [-0.15, -0.1) is 0 Å². The molecule has 2 aromatic carbocycles. The van der Waals surface area contributed by atoms with E-state index >= 15 is 0 Å². The van der Waals surface area contributed by atoms with Gasteiger partial charge in [0.2, 0.25) is 0 Å². The second kappa shape index (κ2) is 5.07. The summed E-state index contributed by atoms with van der Waals surface area (Å²) < 4.78 is 88.5. The summed E-state index contributed by atoms with van der Waals surface area (Å²) in [5, 5.41) is 0. The third-order valence-electron chi connectivity index (χ3n) is 2.40. The van der Waals surface area contributed by atoms with Gasteiger partial charge in [0, 0.05) is 11.7 Å². The first-order valence-electron chi connectivity index (χ1n) is 11.0. The maximum Gasteiger partial charge on any atom is 0.0840 e. The molecule has 1 heteroatoms. The molecule has 1 nitrogen and oxygen atoms in total. The lowest BCUT2D eigenvalue weighted by Crippen LogP contribution is -1.85. The fourth-order valence-electron chi connectivity index (χ4n) is 1.54. The lowest BCUT2D eigenvalue weighted by molar-refractivity contribution is 1.32. The third kappa shape index (κ3) is 2.55. The number of pyridine rings is 1. The highest BCUT2D eigenvalue weighted by Gasteiger charge is 2.02. The molecule has 0 amide bonds. The van der Waals surface area contributed by atoms with Gasteiger partial charge in [-0.25, -0.2) is 0 Å². The molecule has 0 radical (unpaired) electrons. The van der Waals surface area contributed by atoms with Crippen molar-refractivity contribution in [2.24, 2.45) is 0 Å². The Hall–Kier alpha value is -2.41.